The number of likely N-dealkylation sites (tertiary alicyclic amines) is 1. The minimum atomic E-state index is -0.499. The van der Waals surface area contributed by atoms with Crippen molar-refractivity contribution in [3.05, 3.63) is 54.1 Å². The number of aliphatic imine (C=N–C) groups is 1. The number of hydrogen-bond donors (Lipinski definition) is 2. The maximum Gasteiger partial charge on any atom is 0.407 e. The number of hydrogen-bond acceptors (Lipinski definition) is 4. The second-order valence-corrected chi connectivity index (χ2v) is 9.02. The zero-order chi connectivity index (χ0) is 23.0. The molecule has 32 heavy (non-hydrogen) atoms. The number of benzene rings is 1. The van der Waals surface area contributed by atoms with Crippen LogP contribution in [0.5, 0.6) is 0 Å². The summed E-state index contributed by atoms with van der Waals surface area (Å²) < 4.78 is 7.55. The Morgan fingerprint density at radius 2 is 2.06 bits per heavy atom. The van der Waals surface area contributed by atoms with Crippen molar-refractivity contribution in [1.29, 1.82) is 0 Å². The fraction of sp³-hybridized carbons (Fsp3) is 0.542. The molecule has 8 nitrogen and oxygen atoms in total. The van der Waals surface area contributed by atoms with Crippen LogP contribution in [0.25, 0.3) is 0 Å². The Balaban J connectivity index is 1.56. The lowest BCUT2D eigenvalue weighted by Gasteiger charge is -2.23. The predicted molar refractivity (Wildman–Crippen MR) is 127 cm³/mol. The van der Waals surface area contributed by atoms with Crippen LogP contribution < -0.4 is 10.6 Å². The lowest BCUT2D eigenvalue weighted by molar-refractivity contribution is 0.0507. The first-order valence-corrected chi connectivity index (χ1v) is 11.4. The van der Waals surface area contributed by atoms with E-state index in [-0.39, 0.29) is 12.1 Å². The fourth-order valence-corrected chi connectivity index (χ4v) is 3.71. The summed E-state index contributed by atoms with van der Waals surface area (Å²) in [4.78, 5) is 23.6. The molecule has 2 N–H and O–H groups in total. The summed E-state index contributed by atoms with van der Waals surface area (Å²) in [7, 11) is 0. The first kappa shape index (κ1) is 23.6. The number of guanidine groups is 1. The van der Waals surface area contributed by atoms with Gasteiger partial charge < -0.3 is 24.8 Å². The molecule has 1 aliphatic heterocycles. The van der Waals surface area contributed by atoms with E-state index in [0.29, 0.717) is 13.1 Å². The van der Waals surface area contributed by atoms with Gasteiger partial charge in [-0.25, -0.2) is 14.8 Å². The number of carbonyl (C=O) groups excluding carboxylic acids is 1. The average molecular weight is 441 g/mol. The van der Waals surface area contributed by atoms with Gasteiger partial charge in [0, 0.05) is 38.6 Å². The van der Waals surface area contributed by atoms with Gasteiger partial charge in [0.1, 0.15) is 18.0 Å². The Kier molecular flexibility index (Phi) is 8.14. The summed E-state index contributed by atoms with van der Waals surface area (Å²) >= 11 is 0. The van der Waals surface area contributed by atoms with E-state index in [1.165, 1.54) is 5.56 Å². The molecule has 2 heterocycles. The molecule has 1 aromatic carbocycles. The van der Waals surface area contributed by atoms with E-state index in [4.69, 9.17) is 9.73 Å². The Morgan fingerprint density at radius 3 is 2.78 bits per heavy atom. The second-order valence-electron chi connectivity index (χ2n) is 9.02. The van der Waals surface area contributed by atoms with E-state index >= 15 is 0 Å². The molecule has 1 amide bonds. The first-order valence-electron chi connectivity index (χ1n) is 11.4. The number of nitrogens with one attached hydrogen (secondary N) is 2. The molecule has 0 unspecified atom stereocenters. The van der Waals surface area contributed by atoms with Crippen LogP contribution in [0.4, 0.5) is 4.79 Å². The number of aryl methyl sites for hydroxylation is 2. The molecule has 0 radical (unpaired) electrons. The summed E-state index contributed by atoms with van der Waals surface area (Å²) in [5, 5.41) is 6.34. The molecule has 1 aromatic heterocycles. The number of rotatable bonds is 7. The molecule has 1 saturated heterocycles. The average Bonchev–Trinajstić information content (AvgIpc) is 3.38. The number of amides is 1. The predicted octanol–water partition coefficient (Wildman–Crippen LogP) is 3.19. The number of carbonyl (C=O) groups is 1. The molecular formula is C24H36N6O2. The number of nitrogens with zero attached hydrogens (tertiary/aromatic N) is 4. The third-order valence-corrected chi connectivity index (χ3v) is 5.20. The molecule has 8 heteroatoms. The summed E-state index contributed by atoms with van der Waals surface area (Å²) in [6, 6.07) is 10.5. The first-order chi connectivity index (χ1) is 15.3. The van der Waals surface area contributed by atoms with Gasteiger partial charge in [0.2, 0.25) is 0 Å². The van der Waals surface area contributed by atoms with E-state index in [1.807, 2.05) is 39.2 Å². The third-order valence-electron chi connectivity index (χ3n) is 5.20. The molecule has 0 bridgehead atoms. The molecule has 1 atom stereocenters. The largest absolute Gasteiger partial charge is 0.444 e. The standard InChI is InChI=1S/C24H36N6O2/c1-5-25-22(30-15-12-20(18-30)28-23(31)32-24(2,3)4)27-17-21-26-13-16-29(21)14-11-19-9-7-6-8-10-19/h6-10,13,16,20H,5,11-12,14-15,17-18H2,1-4H3,(H,25,27)(H,28,31)/t20-/m1/s1. The van der Waals surface area contributed by atoms with Gasteiger partial charge in [-0.15, -0.1) is 0 Å². The molecule has 1 aliphatic rings. The van der Waals surface area contributed by atoms with Crippen molar-refractivity contribution in [1.82, 2.24) is 25.1 Å². The normalized spacial score (nSPS) is 16.8. The van der Waals surface area contributed by atoms with Gasteiger partial charge in [-0.3, -0.25) is 0 Å². The molecule has 0 aliphatic carbocycles. The minimum Gasteiger partial charge on any atom is -0.444 e. The van der Waals surface area contributed by atoms with Gasteiger partial charge in [-0.1, -0.05) is 30.3 Å². The van der Waals surface area contributed by atoms with Gasteiger partial charge in [-0.05, 0) is 46.1 Å². The molecule has 2 aromatic rings. The van der Waals surface area contributed by atoms with Crippen molar-refractivity contribution in [3.8, 4) is 0 Å². The van der Waals surface area contributed by atoms with Gasteiger partial charge >= 0.3 is 6.09 Å². The Morgan fingerprint density at radius 1 is 1.28 bits per heavy atom. The maximum absolute atomic E-state index is 12.1. The van der Waals surface area contributed by atoms with E-state index < -0.39 is 5.60 Å². The summed E-state index contributed by atoms with van der Waals surface area (Å²) in [5.74, 6) is 1.79. The van der Waals surface area contributed by atoms with E-state index in [0.717, 1.165) is 44.3 Å². The van der Waals surface area contributed by atoms with E-state index in [9.17, 15) is 4.79 Å². The maximum atomic E-state index is 12.1. The van der Waals surface area contributed by atoms with Crippen LogP contribution in [0.3, 0.4) is 0 Å². The van der Waals surface area contributed by atoms with Gasteiger partial charge in [-0.2, -0.15) is 0 Å². The molecule has 3 rings (SSSR count). The monoisotopic (exact) mass is 440 g/mol. The molecule has 1 fully saturated rings. The van der Waals surface area contributed by atoms with Crippen LogP contribution in [0.15, 0.2) is 47.7 Å². The zero-order valence-electron chi connectivity index (χ0n) is 19.7. The molecule has 0 saturated carbocycles. The van der Waals surface area contributed by atoms with Crippen molar-refractivity contribution in [2.45, 2.75) is 65.3 Å². The van der Waals surface area contributed by atoms with Crippen LogP contribution in [0.2, 0.25) is 0 Å². The van der Waals surface area contributed by atoms with Gasteiger partial charge in [0.05, 0.1) is 6.04 Å². The highest BCUT2D eigenvalue weighted by molar-refractivity contribution is 5.80. The smallest absolute Gasteiger partial charge is 0.407 e. The number of aromatic nitrogens is 2. The summed E-state index contributed by atoms with van der Waals surface area (Å²) in [6.07, 6.45) is 5.29. The highest BCUT2D eigenvalue weighted by Gasteiger charge is 2.27. The molecule has 0 spiro atoms. The number of alkyl carbamates (subject to hydrolysis) is 1. The van der Waals surface area contributed by atoms with Crippen LogP contribution >= 0.6 is 0 Å². The Labute approximate surface area is 191 Å². The number of ether oxygens (including phenoxy) is 1. The lowest BCUT2D eigenvalue weighted by atomic mass is 10.1. The van der Waals surface area contributed by atoms with Crippen LogP contribution in [-0.2, 0) is 24.2 Å². The highest BCUT2D eigenvalue weighted by atomic mass is 16.6. The van der Waals surface area contributed by atoms with Crippen LogP contribution in [-0.4, -0.2) is 57.8 Å². The van der Waals surface area contributed by atoms with Crippen molar-refractivity contribution in [3.63, 3.8) is 0 Å². The SMILES string of the molecule is CCNC(=NCc1nccn1CCc1ccccc1)N1CC[C@@H](NC(=O)OC(C)(C)C)C1. The molecule has 174 valence electrons. The third kappa shape index (κ3) is 7.28. The van der Waals surface area contributed by atoms with Crippen molar-refractivity contribution in [2.24, 2.45) is 4.99 Å². The molecular weight excluding hydrogens is 404 g/mol. The van der Waals surface area contributed by atoms with Gasteiger partial charge in [0.15, 0.2) is 5.96 Å². The highest BCUT2D eigenvalue weighted by Crippen LogP contribution is 2.13. The van der Waals surface area contributed by atoms with Crippen LogP contribution in [0, 0.1) is 0 Å². The van der Waals surface area contributed by atoms with E-state index in [1.54, 1.807) is 0 Å². The summed E-state index contributed by atoms with van der Waals surface area (Å²) in [6.45, 7) is 11.3. The Bertz CT molecular complexity index is 887. The number of imidazole rings is 1. The van der Waals surface area contributed by atoms with E-state index in [2.05, 4.69) is 56.3 Å². The second kappa shape index (κ2) is 11.0. The lowest BCUT2D eigenvalue weighted by Crippen LogP contribution is -2.44. The topological polar surface area (TPSA) is 83.8 Å². The van der Waals surface area contributed by atoms with Gasteiger partial charge in [0.25, 0.3) is 0 Å². The minimum absolute atomic E-state index is 0.0431. The van der Waals surface area contributed by atoms with Crippen molar-refractivity contribution < 1.29 is 9.53 Å². The van der Waals surface area contributed by atoms with Crippen molar-refractivity contribution >= 4 is 12.1 Å². The van der Waals surface area contributed by atoms with Crippen LogP contribution in [0.1, 0.15) is 45.5 Å². The quantitative estimate of drug-likeness (QED) is 0.510. The summed E-state index contributed by atoms with van der Waals surface area (Å²) in [5.41, 5.74) is 0.811. The fourth-order valence-electron chi connectivity index (χ4n) is 3.71. The zero-order valence-corrected chi connectivity index (χ0v) is 19.7. The van der Waals surface area contributed by atoms with Crippen molar-refractivity contribution in [2.75, 3.05) is 19.6 Å². The Hall–Kier alpha value is -3.03.